The van der Waals surface area contributed by atoms with E-state index in [-0.39, 0.29) is 0 Å². The van der Waals surface area contributed by atoms with E-state index in [9.17, 15) is 0 Å². The van der Waals surface area contributed by atoms with E-state index >= 15 is 0 Å². The Hall–Kier alpha value is -2.11. The molecule has 0 unspecified atom stereocenters. The van der Waals surface area contributed by atoms with E-state index in [1.54, 1.807) is 11.7 Å². The average Bonchev–Trinajstić information content (AvgIpc) is 2.63. The number of tetrazole rings is 1. The molecule has 15 heavy (non-hydrogen) atoms. The van der Waals surface area contributed by atoms with Gasteiger partial charge in [0.25, 0.3) is 0 Å². The van der Waals surface area contributed by atoms with Crippen LogP contribution in [0, 0.1) is 0 Å². The zero-order valence-electron chi connectivity index (χ0n) is 8.38. The third-order valence-corrected chi connectivity index (χ3v) is 2.11. The number of aryl methyl sites for hydroxylation is 1. The molecule has 1 aromatic heterocycles. The molecule has 2 aromatic rings. The number of nitrogens with zero attached hydrogens (tertiary/aromatic N) is 4. The monoisotopic (exact) mass is 204 g/mol. The number of benzene rings is 1. The van der Waals surface area contributed by atoms with Crippen LogP contribution in [-0.2, 0) is 13.6 Å². The second-order valence-corrected chi connectivity index (χ2v) is 3.18. The van der Waals surface area contributed by atoms with Crippen molar-refractivity contribution in [2.24, 2.45) is 7.05 Å². The van der Waals surface area contributed by atoms with E-state index in [1.165, 1.54) is 0 Å². The Bertz CT molecular complexity index is 449. The molecular formula is C9H12N6. The quantitative estimate of drug-likeness (QED) is 0.707. The van der Waals surface area contributed by atoms with Crippen LogP contribution in [-0.4, -0.2) is 20.2 Å². The summed E-state index contributed by atoms with van der Waals surface area (Å²) in [6.07, 6.45) is 0. The van der Waals surface area contributed by atoms with Crippen molar-refractivity contribution in [3.8, 4) is 0 Å². The van der Waals surface area contributed by atoms with Gasteiger partial charge in [-0.05, 0) is 22.1 Å². The molecule has 0 radical (unpaired) electrons. The molecular weight excluding hydrogens is 192 g/mol. The van der Waals surface area contributed by atoms with Crippen molar-refractivity contribution >= 4 is 11.6 Å². The second kappa shape index (κ2) is 3.95. The lowest BCUT2D eigenvalue weighted by molar-refractivity contribution is 0.712. The van der Waals surface area contributed by atoms with Crippen molar-refractivity contribution < 1.29 is 0 Å². The van der Waals surface area contributed by atoms with Crippen LogP contribution >= 0.6 is 0 Å². The summed E-state index contributed by atoms with van der Waals surface area (Å²) >= 11 is 0. The van der Waals surface area contributed by atoms with E-state index in [0.29, 0.717) is 12.5 Å². The van der Waals surface area contributed by atoms with Gasteiger partial charge in [-0.2, -0.15) is 0 Å². The highest BCUT2D eigenvalue weighted by molar-refractivity contribution is 5.47. The maximum atomic E-state index is 5.80. The molecule has 1 heterocycles. The summed E-state index contributed by atoms with van der Waals surface area (Å²) in [6, 6.07) is 7.68. The Morgan fingerprint density at radius 2 is 2.20 bits per heavy atom. The smallest absolute Gasteiger partial charge is 0.242 e. The first-order chi connectivity index (χ1) is 7.27. The fourth-order valence-corrected chi connectivity index (χ4v) is 1.25. The summed E-state index contributed by atoms with van der Waals surface area (Å²) in [4.78, 5) is 0. The largest absolute Gasteiger partial charge is 0.398 e. The number of aromatic nitrogens is 4. The Kier molecular flexibility index (Phi) is 2.49. The minimum atomic E-state index is 0.612. The van der Waals surface area contributed by atoms with Crippen LogP contribution in [0.1, 0.15) is 5.56 Å². The normalized spacial score (nSPS) is 10.2. The zero-order chi connectivity index (χ0) is 10.7. The lowest BCUT2D eigenvalue weighted by Crippen LogP contribution is -2.07. The van der Waals surface area contributed by atoms with E-state index < -0.39 is 0 Å². The van der Waals surface area contributed by atoms with Crippen LogP contribution in [0.2, 0.25) is 0 Å². The van der Waals surface area contributed by atoms with Crippen molar-refractivity contribution in [2.45, 2.75) is 6.54 Å². The van der Waals surface area contributed by atoms with E-state index in [2.05, 4.69) is 20.8 Å². The first-order valence-electron chi connectivity index (χ1n) is 4.57. The summed E-state index contributed by atoms with van der Waals surface area (Å²) in [7, 11) is 1.77. The molecule has 0 aliphatic carbocycles. The molecule has 6 heteroatoms. The zero-order valence-corrected chi connectivity index (χ0v) is 8.38. The lowest BCUT2D eigenvalue weighted by Gasteiger charge is -2.06. The Labute approximate surface area is 87.1 Å². The van der Waals surface area contributed by atoms with E-state index in [4.69, 9.17) is 5.73 Å². The maximum absolute atomic E-state index is 5.80. The van der Waals surface area contributed by atoms with Gasteiger partial charge in [0.1, 0.15) is 0 Å². The molecule has 0 spiro atoms. The molecule has 0 saturated heterocycles. The van der Waals surface area contributed by atoms with Crippen LogP contribution in [0.3, 0.4) is 0 Å². The van der Waals surface area contributed by atoms with E-state index in [0.717, 1.165) is 11.3 Å². The summed E-state index contributed by atoms with van der Waals surface area (Å²) < 4.78 is 1.57. The molecule has 0 bridgehead atoms. The number of hydrogen-bond acceptors (Lipinski definition) is 5. The first-order valence-corrected chi connectivity index (χ1v) is 4.57. The molecule has 1 aromatic carbocycles. The van der Waals surface area contributed by atoms with Gasteiger partial charge >= 0.3 is 0 Å². The SMILES string of the molecule is Cn1nnnc1NCc1ccccc1N. The highest BCUT2D eigenvalue weighted by Gasteiger charge is 2.02. The molecule has 0 saturated carbocycles. The lowest BCUT2D eigenvalue weighted by atomic mass is 10.2. The van der Waals surface area contributed by atoms with Crippen LogP contribution in [0.4, 0.5) is 11.6 Å². The van der Waals surface area contributed by atoms with Gasteiger partial charge in [0, 0.05) is 19.3 Å². The minimum Gasteiger partial charge on any atom is -0.398 e. The average molecular weight is 204 g/mol. The number of rotatable bonds is 3. The van der Waals surface area contributed by atoms with Crippen molar-refractivity contribution in [2.75, 3.05) is 11.1 Å². The van der Waals surface area contributed by atoms with Crippen LogP contribution in [0.15, 0.2) is 24.3 Å². The van der Waals surface area contributed by atoms with Gasteiger partial charge in [0.2, 0.25) is 5.95 Å². The Balaban J connectivity index is 2.06. The molecule has 0 atom stereocenters. The summed E-state index contributed by atoms with van der Waals surface area (Å²) in [5.74, 6) is 0.623. The van der Waals surface area contributed by atoms with Crippen molar-refractivity contribution in [3.05, 3.63) is 29.8 Å². The number of anilines is 2. The summed E-state index contributed by atoms with van der Waals surface area (Å²) in [5.41, 5.74) is 7.59. The third kappa shape index (κ3) is 2.04. The van der Waals surface area contributed by atoms with Gasteiger partial charge in [0.05, 0.1) is 0 Å². The predicted molar refractivity (Wildman–Crippen MR) is 57.0 cm³/mol. The van der Waals surface area contributed by atoms with Gasteiger partial charge in [-0.1, -0.05) is 23.3 Å². The van der Waals surface area contributed by atoms with Gasteiger partial charge < -0.3 is 11.1 Å². The fourth-order valence-electron chi connectivity index (χ4n) is 1.25. The highest BCUT2D eigenvalue weighted by atomic mass is 15.6. The van der Waals surface area contributed by atoms with Crippen LogP contribution in [0.25, 0.3) is 0 Å². The van der Waals surface area contributed by atoms with E-state index in [1.807, 2.05) is 24.3 Å². The molecule has 0 amide bonds. The molecule has 78 valence electrons. The third-order valence-electron chi connectivity index (χ3n) is 2.11. The topological polar surface area (TPSA) is 81.7 Å². The first kappa shape index (κ1) is 9.45. The van der Waals surface area contributed by atoms with Gasteiger partial charge in [-0.15, -0.1) is 0 Å². The van der Waals surface area contributed by atoms with Crippen molar-refractivity contribution in [3.63, 3.8) is 0 Å². The molecule has 3 N–H and O–H groups in total. The molecule has 0 aliphatic heterocycles. The number of hydrogen-bond donors (Lipinski definition) is 2. The van der Waals surface area contributed by atoms with Crippen LogP contribution < -0.4 is 11.1 Å². The molecule has 0 fully saturated rings. The Morgan fingerprint density at radius 3 is 2.87 bits per heavy atom. The Morgan fingerprint density at radius 1 is 1.40 bits per heavy atom. The van der Waals surface area contributed by atoms with Gasteiger partial charge in [-0.25, -0.2) is 4.68 Å². The maximum Gasteiger partial charge on any atom is 0.242 e. The second-order valence-electron chi connectivity index (χ2n) is 3.18. The fraction of sp³-hybridized carbons (Fsp3) is 0.222. The van der Waals surface area contributed by atoms with Crippen molar-refractivity contribution in [1.29, 1.82) is 0 Å². The molecule has 6 nitrogen and oxygen atoms in total. The molecule has 0 aliphatic rings. The summed E-state index contributed by atoms with van der Waals surface area (Å²) in [6.45, 7) is 0.612. The van der Waals surface area contributed by atoms with Gasteiger partial charge in [-0.3, -0.25) is 0 Å². The number of nitrogens with one attached hydrogen (secondary N) is 1. The molecule has 2 rings (SSSR count). The number of nitrogens with two attached hydrogens (primary N) is 1. The van der Waals surface area contributed by atoms with Gasteiger partial charge in [0.15, 0.2) is 0 Å². The number of nitrogen functional groups attached to an aromatic ring is 1. The minimum absolute atomic E-state index is 0.612. The predicted octanol–water partition coefficient (Wildman–Crippen LogP) is 0.404. The summed E-state index contributed by atoms with van der Waals surface area (Å²) in [5, 5.41) is 14.1. The van der Waals surface area contributed by atoms with Crippen molar-refractivity contribution in [1.82, 2.24) is 20.2 Å². The number of para-hydroxylation sites is 1. The van der Waals surface area contributed by atoms with Crippen LogP contribution in [0.5, 0.6) is 0 Å². The highest BCUT2D eigenvalue weighted by Crippen LogP contribution is 2.11. The standard InChI is InChI=1S/C9H12N6/c1-15-9(12-13-14-15)11-6-7-4-2-3-5-8(7)10/h2-5H,6,10H2,1H3,(H,11,12,14).